The predicted octanol–water partition coefficient (Wildman–Crippen LogP) is 5.64. The highest BCUT2D eigenvalue weighted by Crippen LogP contribution is 2.38. The summed E-state index contributed by atoms with van der Waals surface area (Å²) in [5.41, 5.74) is 0.425. The van der Waals surface area contributed by atoms with E-state index in [2.05, 4.69) is 27.7 Å². The van der Waals surface area contributed by atoms with Crippen molar-refractivity contribution in [1.82, 2.24) is 0 Å². The number of alkyl halides is 1. The molecule has 0 amide bonds. The van der Waals surface area contributed by atoms with E-state index in [1.165, 1.54) is 44.9 Å². The molecule has 0 bridgehead atoms. The zero-order valence-corrected chi connectivity index (χ0v) is 11.9. The van der Waals surface area contributed by atoms with Crippen LogP contribution in [-0.2, 0) is 0 Å². The molecule has 0 aromatic rings. The van der Waals surface area contributed by atoms with E-state index in [0.29, 0.717) is 5.41 Å². The minimum atomic E-state index is 0.425. The fraction of sp³-hybridized carbons (Fsp3) is 1.00. The van der Waals surface area contributed by atoms with Crippen LogP contribution < -0.4 is 0 Å². The third kappa shape index (κ3) is 5.24. The van der Waals surface area contributed by atoms with Crippen molar-refractivity contribution in [1.29, 1.82) is 0 Å². The molecular formula is C14H29Cl. The summed E-state index contributed by atoms with van der Waals surface area (Å²) in [6, 6.07) is 0. The van der Waals surface area contributed by atoms with Gasteiger partial charge in [0.2, 0.25) is 0 Å². The fourth-order valence-corrected chi connectivity index (χ4v) is 2.81. The van der Waals surface area contributed by atoms with Crippen molar-refractivity contribution in [3.8, 4) is 0 Å². The summed E-state index contributed by atoms with van der Waals surface area (Å²) in [6.45, 7) is 9.19. The van der Waals surface area contributed by atoms with Crippen molar-refractivity contribution in [2.24, 2.45) is 11.3 Å². The van der Waals surface area contributed by atoms with Crippen molar-refractivity contribution in [2.75, 3.05) is 5.88 Å². The third-order valence-electron chi connectivity index (χ3n) is 3.97. The van der Waals surface area contributed by atoms with Crippen LogP contribution in [0.4, 0.5) is 0 Å². The van der Waals surface area contributed by atoms with Crippen LogP contribution in [-0.4, -0.2) is 5.88 Å². The van der Waals surface area contributed by atoms with Crippen molar-refractivity contribution in [2.45, 2.75) is 72.6 Å². The first kappa shape index (κ1) is 15.3. The molecule has 0 saturated carbocycles. The van der Waals surface area contributed by atoms with Gasteiger partial charge >= 0.3 is 0 Å². The zero-order chi connectivity index (χ0) is 11.7. The van der Waals surface area contributed by atoms with Crippen molar-refractivity contribution < 1.29 is 0 Å². The van der Waals surface area contributed by atoms with Gasteiger partial charge in [-0.15, -0.1) is 11.6 Å². The quantitative estimate of drug-likeness (QED) is 0.452. The van der Waals surface area contributed by atoms with Gasteiger partial charge in [-0.1, -0.05) is 53.4 Å². The molecule has 92 valence electrons. The molecule has 1 heteroatoms. The van der Waals surface area contributed by atoms with E-state index in [9.17, 15) is 0 Å². The number of halogens is 1. The summed E-state index contributed by atoms with van der Waals surface area (Å²) in [4.78, 5) is 0. The summed E-state index contributed by atoms with van der Waals surface area (Å²) >= 11 is 6.22. The normalized spacial score (nSPS) is 15.6. The second kappa shape index (κ2) is 8.44. The van der Waals surface area contributed by atoms with Crippen LogP contribution in [0.2, 0.25) is 0 Å². The largest absolute Gasteiger partial charge is 0.126 e. The molecule has 0 aliphatic carbocycles. The third-order valence-corrected chi connectivity index (χ3v) is 4.54. The summed E-state index contributed by atoms with van der Waals surface area (Å²) in [5, 5.41) is 0. The summed E-state index contributed by atoms with van der Waals surface area (Å²) in [5.74, 6) is 1.72. The molecule has 0 nitrogen and oxygen atoms in total. The lowest BCUT2D eigenvalue weighted by atomic mass is 9.74. The number of rotatable bonds is 9. The molecule has 0 spiro atoms. The van der Waals surface area contributed by atoms with Gasteiger partial charge < -0.3 is 0 Å². The number of hydrogen-bond acceptors (Lipinski definition) is 0. The van der Waals surface area contributed by atoms with Crippen LogP contribution in [0.3, 0.4) is 0 Å². The first-order valence-corrected chi connectivity index (χ1v) is 7.27. The van der Waals surface area contributed by atoms with Gasteiger partial charge in [0.15, 0.2) is 0 Å². The Morgan fingerprint density at radius 3 is 2.00 bits per heavy atom. The standard InChI is InChI=1S/C14H29Cl/c1-5-9-10-14(8-4,12-15)11-13(6-2)7-3/h13H,5-12H2,1-4H3. The van der Waals surface area contributed by atoms with Crippen LogP contribution in [0.25, 0.3) is 0 Å². The maximum atomic E-state index is 6.22. The first-order valence-electron chi connectivity index (χ1n) is 6.73. The fourth-order valence-electron chi connectivity index (χ4n) is 2.38. The van der Waals surface area contributed by atoms with Crippen molar-refractivity contribution >= 4 is 11.6 Å². The monoisotopic (exact) mass is 232 g/mol. The van der Waals surface area contributed by atoms with Gasteiger partial charge in [-0.25, -0.2) is 0 Å². The Morgan fingerprint density at radius 2 is 1.67 bits per heavy atom. The molecule has 0 N–H and O–H groups in total. The van der Waals surface area contributed by atoms with Crippen LogP contribution >= 0.6 is 11.6 Å². The van der Waals surface area contributed by atoms with E-state index in [1.807, 2.05) is 0 Å². The van der Waals surface area contributed by atoms with E-state index in [4.69, 9.17) is 11.6 Å². The number of hydrogen-bond donors (Lipinski definition) is 0. The highest BCUT2D eigenvalue weighted by molar-refractivity contribution is 6.18. The average Bonchev–Trinajstić information content (AvgIpc) is 2.30. The molecular weight excluding hydrogens is 204 g/mol. The van der Waals surface area contributed by atoms with Crippen LogP contribution in [0, 0.1) is 11.3 Å². The Hall–Kier alpha value is 0.290. The van der Waals surface area contributed by atoms with Crippen molar-refractivity contribution in [3.63, 3.8) is 0 Å². The lowest BCUT2D eigenvalue weighted by Crippen LogP contribution is -2.25. The smallest absolute Gasteiger partial charge is 0.0280 e. The molecule has 0 radical (unpaired) electrons. The highest BCUT2D eigenvalue weighted by Gasteiger charge is 2.28. The summed E-state index contributed by atoms with van der Waals surface area (Å²) in [6.07, 6.45) is 9.14. The molecule has 0 aliphatic rings. The minimum absolute atomic E-state index is 0.425. The van der Waals surface area contributed by atoms with Crippen molar-refractivity contribution in [3.05, 3.63) is 0 Å². The second-order valence-corrected chi connectivity index (χ2v) is 5.24. The lowest BCUT2D eigenvalue weighted by Gasteiger charge is -2.34. The number of unbranched alkanes of at least 4 members (excludes halogenated alkanes) is 1. The molecule has 0 rings (SSSR count). The molecule has 0 aromatic heterocycles. The van der Waals surface area contributed by atoms with Gasteiger partial charge in [-0.05, 0) is 30.6 Å². The van der Waals surface area contributed by atoms with E-state index < -0.39 is 0 Å². The molecule has 0 heterocycles. The van der Waals surface area contributed by atoms with Gasteiger partial charge in [0, 0.05) is 5.88 Å². The maximum Gasteiger partial charge on any atom is 0.0280 e. The van der Waals surface area contributed by atoms with Gasteiger partial charge in [-0.3, -0.25) is 0 Å². The van der Waals surface area contributed by atoms with E-state index in [1.54, 1.807) is 0 Å². The van der Waals surface area contributed by atoms with Gasteiger partial charge in [0.25, 0.3) is 0 Å². The Morgan fingerprint density at radius 1 is 1.07 bits per heavy atom. The maximum absolute atomic E-state index is 6.22. The molecule has 1 unspecified atom stereocenters. The highest BCUT2D eigenvalue weighted by atomic mass is 35.5. The van der Waals surface area contributed by atoms with Gasteiger partial charge in [-0.2, -0.15) is 0 Å². The molecule has 0 aromatic carbocycles. The zero-order valence-electron chi connectivity index (χ0n) is 11.1. The van der Waals surface area contributed by atoms with Gasteiger partial charge in [0.05, 0.1) is 0 Å². The Balaban J connectivity index is 4.32. The van der Waals surface area contributed by atoms with Crippen LogP contribution in [0.15, 0.2) is 0 Å². The lowest BCUT2D eigenvalue weighted by molar-refractivity contribution is 0.204. The Labute approximate surface area is 102 Å². The molecule has 1 atom stereocenters. The second-order valence-electron chi connectivity index (χ2n) is 4.98. The topological polar surface area (TPSA) is 0 Å². The minimum Gasteiger partial charge on any atom is -0.126 e. The summed E-state index contributed by atoms with van der Waals surface area (Å²) < 4.78 is 0. The van der Waals surface area contributed by atoms with Crippen LogP contribution in [0.5, 0.6) is 0 Å². The van der Waals surface area contributed by atoms with Gasteiger partial charge in [0.1, 0.15) is 0 Å². The average molecular weight is 233 g/mol. The van der Waals surface area contributed by atoms with E-state index in [0.717, 1.165) is 11.8 Å². The Bertz CT molecular complexity index is 134. The molecule has 0 fully saturated rings. The SMILES string of the molecule is CCCCC(CC)(CCl)CC(CC)CC. The Kier molecular flexibility index (Phi) is 8.61. The first-order chi connectivity index (χ1) is 7.17. The predicted molar refractivity (Wildman–Crippen MR) is 71.7 cm³/mol. The van der Waals surface area contributed by atoms with Crippen LogP contribution in [0.1, 0.15) is 72.6 Å². The molecule has 0 aliphatic heterocycles. The summed E-state index contributed by atoms with van der Waals surface area (Å²) in [7, 11) is 0. The van der Waals surface area contributed by atoms with E-state index >= 15 is 0 Å². The molecule has 0 saturated heterocycles. The molecule has 15 heavy (non-hydrogen) atoms. The van der Waals surface area contributed by atoms with E-state index in [-0.39, 0.29) is 0 Å².